The van der Waals surface area contributed by atoms with E-state index in [0.717, 1.165) is 25.7 Å². The fourth-order valence-corrected chi connectivity index (χ4v) is 7.69. The number of carbonyl (C=O) groups excluding carboxylic acids is 1. The summed E-state index contributed by atoms with van der Waals surface area (Å²) in [6.45, 7) is 9.19. The largest absolute Gasteiger partial charge is 0.393 e. The molecule has 0 heterocycles. The topological polar surface area (TPSA) is 37.3 Å². The van der Waals surface area contributed by atoms with Crippen molar-refractivity contribution in [1.82, 2.24) is 0 Å². The van der Waals surface area contributed by atoms with Crippen molar-refractivity contribution in [3.05, 3.63) is 0 Å². The van der Waals surface area contributed by atoms with Gasteiger partial charge >= 0.3 is 0 Å². The molecule has 1 spiro atoms. The first-order chi connectivity index (χ1) is 10.2. The molecule has 0 aromatic rings. The molecule has 4 saturated carbocycles. The molecular weight excluding hydrogens is 272 g/mol. The first kappa shape index (κ1) is 15.2. The summed E-state index contributed by atoms with van der Waals surface area (Å²) >= 11 is 0. The fraction of sp³-hybridized carbons (Fsp3) is 0.950. The molecule has 0 aromatic carbocycles. The molecule has 2 heteroatoms. The van der Waals surface area contributed by atoms with Crippen LogP contribution in [0.15, 0.2) is 0 Å². The lowest BCUT2D eigenvalue weighted by Gasteiger charge is -2.64. The van der Waals surface area contributed by atoms with Gasteiger partial charge in [0.2, 0.25) is 0 Å². The lowest BCUT2D eigenvalue weighted by Crippen LogP contribution is -2.60. The minimum absolute atomic E-state index is 0.00126. The number of aliphatic hydroxyl groups is 1. The molecule has 0 amide bonds. The third-order valence-electron chi connectivity index (χ3n) is 8.92. The summed E-state index contributed by atoms with van der Waals surface area (Å²) < 4.78 is 0. The van der Waals surface area contributed by atoms with E-state index in [1.54, 1.807) is 0 Å². The molecular formula is C20H32O2. The van der Waals surface area contributed by atoms with E-state index >= 15 is 0 Å². The Hall–Kier alpha value is -0.370. The van der Waals surface area contributed by atoms with Crippen LogP contribution in [-0.2, 0) is 4.79 Å². The average Bonchev–Trinajstić information content (AvgIpc) is 2.65. The van der Waals surface area contributed by atoms with Crippen molar-refractivity contribution in [2.75, 3.05) is 0 Å². The second-order valence-corrected chi connectivity index (χ2v) is 9.88. The zero-order chi connectivity index (χ0) is 15.9. The van der Waals surface area contributed by atoms with Crippen LogP contribution in [0.5, 0.6) is 0 Å². The molecule has 0 saturated heterocycles. The van der Waals surface area contributed by atoms with Gasteiger partial charge in [-0.1, -0.05) is 27.7 Å². The van der Waals surface area contributed by atoms with Crippen LogP contribution >= 0.6 is 0 Å². The molecule has 0 radical (unpaired) electrons. The summed E-state index contributed by atoms with van der Waals surface area (Å²) in [4.78, 5) is 13.1. The van der Waals surface area contributed by atoms with Crippen LogP contribution in [0.1, 0.15) is 72.6 Å². The van der Waals surface area contributed by atoms with Gasteiger partial charge < -0.3 is 5.11 Å². The van der Waals surface area contributed by atoms with E-state index in [9.17, 15) is 9.90 Å². The molecule has 4 aliphatic carbocycles. The third kappa shape index (κ3) is 1.58. The van der Waals surface area contributed by atoms with Crippen molar-refractivity contribution in [2.45, 2.75) is 78.7 Å². The molecule has 22 heavy (non-hydrogen) atoms. The standard InChI is InChI=1S/C20H32O2/c1-12-13-5-6-15-19(4)9-8-16(21)18(2,3)14(19)7-10-20(15,11-13)17(12)22/h12-16,21H,5-11H2,1-4H3. The van der Waals surface area contributed by atoms with Crippen molar-refractivity contribution in [3.63, 3.8) is 0 Å². The molecule has 124 valence electrons. The number of aliphatic hydroxyl groups excluding tert-OH is 1. The maximum Gasteiger partial charge on any atom is 0.142 e. The van der Waals surface area contributed by atoms with E-state index < -0.39 is 0 Å². The summed E-state index contributed by atoms with van der Waals surface area (Å²) in [5, 5.41) is 10.5. The Kier molecular flexibility index (Phi) is 3.02. The molecule has 0 aromatic heterocycles. The van der Waals surface area contributed by atoms with Gasteiger partial charge in [-0.25, -0.2) is 0 Å². The second kappa shape index (κ2) is 4.37. The lowest BCUT2D eigenvalue weighted by molar-refractivity contribution is -0.183. The van der Waals surface area contributed by atoms with E-state index in [-0.39, 0.29) is 22.3 Å². The Morgan fingerprint density at radius 2 is 1.73 bits per heavy atom. The van der Waals surface area contributed by atoms with Crippen LogP contribution in [-0.4, -0.2) is 17.0 Å². The minimum atomic E-state index is -0.172. The Morgan fingerprint density at radius 1 is 1.00 bits per heavy atom. The second-order valence-electron chi connectivity index (χ2n) is 9.88. The van der Waals surface area contributed by atoms with Crippen LogP contribution < -0.4 is 0 Å². The number of hydrogen-bond donors (Lipinski definition) is 1. The maximum absolute atomic E-state index is 13.1. The van der Waals surface area contributed by atoms with E-state index in [1.807, 2.05) is 0 Å². The normalized spacial score (nSPS) is 56.4. The van der Waals surface area contributed by atoms with E-state index in [4.69, 9.17) is 0 Å². The molecule has 7 unspecified atom stereocenters. The number of rotatable bonds is 0. The lowest BCUT2D eigenvalue weighted by atomic mass is 9.40. The van der Waals surface area contributed by atoms with Crippen molar-refractivity contribution in [3.8, 4) is 0 Å². The van der Waals surface area contributed by atoms with Gasteiger partial charge in [0.05, 0.1) is 6.10 Å². The molecule has 2 bridgehead atoms. The highest BCUT2D eigenvalue weighted by Crippen LogP contribution is 2.71. The number of Topliss-reactive ketones (excluding diaryl/α,β-unsaturated/α-hetero) is 1. The third-order valence-corrected chi connectivity index (χ3v) is 8.92. The average molecular weight is 304 g/mol. The first-order valence-electron chi connectivity index (χ1n) is 9.46. The Balaban J connectivity index is 1.77. The molecule has 1 N–H and O–H groups in total. The number of hydrogen-bond acceptors (Lipinski definition) is 2. The molecule has 0 aliphatic heterocycles. The molecule has 4 aliphatic rings. The monoisotopic (exact) mass is 304 g/mol. The number of fused-ring (bicyclic) bond motifs is 3. The van der Waals surface area contributed by atoms with Crippen molar-refractivity contribution in [1.29, 1.82) is 0 Å². The molecule has 4 rings (SSSR count). The highest BCUT2D eigenvalue weighted by molar-refractivity contribution is 5.90. The molecule has 4 fully saturated rings. The van der Waals surface area contributed by atoms with Crippen molar-refractivity contribution < 1.29 is 9.90 Å². The van der Waals surface area contributed by atoms with Gasteiger partial charge in [0, 0.05) is 11.3 Å². The minimum Gasteiger partial charge on any atom is -0.393 e. The number of carbonyl (C=O) groups is 1. The number of ketones is 1. The summed E-state index contributed by atoms with van der Waals surface area (Å²) in [6.07, 6.45) is 7.76. The van der Waals surface area contributed by atoms with Gasteiger partial charge in [-0.05, 0) is 73.5 Å². The zero-order valence-corrected chi connectivity index (χ0v) is 14.7. The van der Waals surface area contributed by atoms with Gasteiger partial charge in [0.25, 0.3) is 0 Å². The van der Waals surface area contributed by atoms with Crippen LogP contribution in [0, 0.1) is 39.9 Å². The molecule has 7 atom stereocenters. The maximum atomic E-state index is 13.1. The smallest absolute Gasteiger partial charge is 0.142 e. The highest BCUT2D eigenvalue weighted by atomic mass is 16.3. The van der Waals surface area contributed by atoms with E-state index in [1.165, 1.54) is 19.3 Å². The predicted octanol–water partition coefficient (Wildman–Crippen LogP) is 4.21. The van der Waals surface area contributed by atoms with Crippen LogP contribution in [0.3, 0.4) is 0 Å². The van der Waals surface area contributed by atoms with Gasteiger partial charge in [-0.2, -0.15) is 0 Å². The van der Waals surface area contributed by atoms with E-state index in [2.05, 4.69) is 27.7 Å². The van der Waals surface area contributed by atoms with Crippen molar-refractivity contribution in [2.24, 2.45) is 39.9 Å². The highest BCUT2D eigenvalue weighted by Gasteiger charge is 2.67. The van der Waals surface area contributed by atoms with Crippen LogP contribution in [0.4, 0.5) is 0 Å². The van der Waals surface area contributed by atoms with Gasteiger partial charge in [-0.3, -0.25) is 4.79 Å². The SMILES string of the molecule is CC1C(=O)C23CCC4C(C)(C)C(O)CCC4(C)C2CCC1C3. The summed E-state index contributed by atoms with van der Waals surface area (Å²) in [5.74, 6) is 2.70. The molecule has 2 nitrogen and oxygen atoms in total. The Labute approximate surface area is 135 Å². The zero-order valence-electron chi connectivity index (χ0n) is 14.7. The predicted molar refractivity (Wildman–Crippen MR) is 87.3 cm³/mol. The van der Waals surface area contributed by atoms with Gasteiger partial charge in [0.1, 0.15) is 5.78 Å². The van der Waals surface area contributed by atoms with Crippen molar-refractivity contribution >= 4 is 5.78 Å². The van der Waals surface area contributed by atoms with Gasteiger partial charge in [-0.15, -0.1) is 0 Å². The van der Waals surface area contributed by atoms with Crippen LogP contribution in [0.2, 0.25) is 0 Å². The Morgan fingerprint density at radius 3 is 2.45 bits per heavy atom. The summed E-state index contributed by atoms with van der Waals surface area (Å²) in [6, 6.07) is 0. The Bertz CT molecular complexity index is 510. The van der Waals surface area contributed by atoms with Crippen LogP contribution in [0.25, 0.3) is 0 Å². The summed E-state index contributed by atoms with van der Waals surface area (Å²) in [5.41, 5.74) is 0.260. The first-order valence-corrected chi connectivity index (χ1v) is 9.46. The van der Waals surface area contributed by atoms with Gasteiger partial charge in [0.15, 0.2) is 0 Å². The summed E-state index contributed by atoms with van der Waals surface area (Å²) in [7, 11) is 0. The fourth-order valence-electron chi connectivity index (χ4n) is 7.69. The quantitative estimate of drug-likeness (QED) is 0.728. The van der Waals surface area contributed by atoms with E-state index in [0.29, 0.717) is 29.5 Å².